The van der Waals surface area contributed by atoms with E-state index in [9.17, 15) is 4.79 Å². The van der Waals surface area contributed by atoms with E-state index < -0.39 is 0 Å². The van der Waals surface area contributed by atoms with Crippen LogP contribution in [0.3, 0.4) is 0 Å². The Kier molecular flexibility index (Phi) is 7.59. The number of carbonyl (C=O) groups excluding carboxylic acids is 1. The molecule has 1 aromatic heterocycles. The smallest absolute Gasteiger partial charge is 0.224 e. The van der Waals surface area contributed by atoms with E-state index in [4.69, 9.17) is 10.8 Å². The van der Waals surface area contributed by atoms with Crippen molar-refractivity contribution >= 4 is 18.3 Å². The number of aromatic nitrogens is 2. The van der Waals surface area contributed by atoms with Gasteiger partial charge in [-0.05, 0) is 50.1 Å². The molecule has 6 heteroatoms. The Morgan fingerprint density at radius 2 is 1.83 bits per heavy atom. The highest BCUT2D eigenvalue weighted by atomic mass is 35.5. The first-order valence-corrected chi connectivity index (χ1v) is 9.56. The summed E-state index contributed by atoms with van der Waals surface area (Å²) in [6.07, 6.45) is 2.35. The lowest BCUT2D eigenvalue weighted by molar-refractivity contribution is -0.130. The minimum absolute atomic E-state index is 0. The molecule has 154 valence electrons. The predicted octanol–water partition coefficient (Wildman–Crippen LogP) is 4.27. The van der Waals surface area contributed by atoms with Gasteiger partial charge in [0, 0.05) is 43.4 Å². The molecule has 0 bridgehead atoms. The summed E-state index contributed by atoms with van der Waals surface area (Å²) < 4.78 is 1.88. The number of hydrogen-bond donors (Lipinski definition) is 1. The van der Waals surface area contributed by atoms with Gasteiger partial charge in [0.1, 0.15) is 0 Å². The van der Waals surface area contributed by atoms with Crippen molar-refractivity contribution in [3.63, 3.8) is 0 Å². The van der Waals surface area contributed by atoms with Crippen LogP contribution in [-0.2, 0) is 11.3 Å². The quantitative estimate of drug-likeness (QED) is 0.657. The Morgan fingerprint density at radius 1 is 1.14 bits per heavy atom. The molecule has 29 heavy (non-hydrogen) atoms. The van der Waals surface area contributed by atoms with E-state index in [1.165, 1.54) is 11.1 Å². The highest BCUT2D eigenvalue weighted by Gasteiger charge is 2.18. The molecule has 0 aliphatic heterocycles. The zero-order chi connectivity index (χ0) is 20.3. The highest BCUT2D eigenvalue weighted by molar-refractivity contribution is 5.85. The SMILES string of the molecule is Cc1ccc(-c2nn(-c3ccccc3)cc2CN(C)C(=O)CC(C)N)cc1C.Cl. The van der Waals surface area contributed by atoms with Crippen LogP contribution in [0.25, 0.3) is 16.9 Å². The Bertz CT molecular complexity index is 966. The Morgan fingerprint density at radius 3 is 2.45 bits per heavy atom. The zero-order valence-electron chi connectivity index (χ0n) is 17.4. The third-order valence-electron chi connectivity index (χ3n) is 4.92. The topological polar surface area (TPSA) is 64.2 Å². The fraction of sp³-hybridized carbons (Fsp3) is 0.304. The maximum atomic E-state index is 12.4. The lowest BCUT2D eigenvalue weighted by Gasteiger charge is -2.18. The summed E-state index contributed by atoms with van der Waals surface area (Å²) >= 11 is 0. The van der Waals surface area contributed by atoms with Crippen molar-refractivity contribution in [2.75, 3.05) is 7.05 Å². The van der Waals surface area contributed by atoms with Crippen molar-refractivity contribution in [1.29, 1.82) is 0 Å². The van der Waals surface area contributed by atoms with Crippen molar-refractivity contribution in [2.24, 2.45) is 5.73 Å². The lowest BCUT2D eigenvalue weighted by Crippen LogP contribution is -2.31. The molecule has 2 aromatic carbocycles. The summed E-state index contributed by atoms with van der Waals surface area (Å²) in [5.74, 6) is 0.0356. The molecule has 3 aromatic rings. The van der Waals surface area contributed by atoms with Gasteiger partial charge in [-0.3, -0.25) is 4.79 Å². The van der Waals surface area contributed by atoms with E-state index in [0.29, 0.717) is 13.0 Å². The van der Waals surface area contributed by atoms with Gasteiger partial charge in [0.15, 0.2) is 0 Å². The van der Waals surface area contributed by atoms with E-state index >= 15 is 0 Å². The third kappa shape index (κ3) is 5.46. The van der Waals surface area contributed by atoms with E-state index in [0.717, 1.165) is 22.5 Å². The average Bonchev–Trinajstić information content (AvgIpc) is 3.08. The second-order valence-corrected chi connectivity index (χ2v) is 7.51. The van der Waals surface area contributed by atoms with Crippen LogP contribution in [0.5, 0.6) is 0 Å². The van der Waals surface area contributed by atoms with Gasteiger partial charge >= 0.3 is 0 Å². The number of halogens is 1. The monoisotopic (exact) mass is 412 g/mol. The number of rotatable bonds is 6. The molecular weight excluding hydrogens is 384 g/mol. The first-order valence-electron chi connectivity index (χ1n) is 9.56. The summed E-state index contributed by atoms with van der Waals surface area (Å²) in [4.78, 5) is 14.1. The van der Waals surface area contributed by atoms with Crippen LogP contribution in [0.4, 0.5) is 0 Å². The Hall–Kier alpha value is -2.63. The van der Waals surface area contributed by atoms with Gasteiger partial charge in [0.25, 0.3) is 0 Å². The van der Waals surface area contributed by atoms with Crippen LogP contribution >= 0.6 is 12.4 Å². The summed E-state index contributed by atoms with van der Waals surface area (Å²) in [7, 11) is 1.81. The summed E-state index contributed by atoms with van der Waals surface area (Å²) in [6.45, 7) is 6.54. The molecule has 1 unspecified atom stereocenters. The maximum Gasteiger partial charge on any atom is 0.224 e. The molecule has 0 spiro atoms. The number of para-hydroxylation sites is 1. The molecule has 5 nitrogen and oxygen atoms in total. The summed E-state index contributed by atoms with van der Waals surface area (Å²) in [6, 6.07) is 16.2. The first kappa shape index (κ1) is 22.7. The third-order valence-corrected chi connectivity index (χ3v) is 4.92. The zero-order valence-corrected chi connectivity index (χ0v) is 18.2. The van der Waals surface area contributed by atoms with Gasteiger partial charge in [0.05, 0.1) is 11.4 Å². The molecule has 1 heterocycles. The van der Waals surface area contributed by atoms with Crippen molar-refractivity contribution in [1.82, 2.24) is 14.7 Å². The summed E-state index contributed by atoms with van der Waals surface area (Å²) in [5.41, 5.74) is 12.2. The number of aryl methyl sites for hydroxylation is 2. The maximum absolute atomic E-state index is 12.4. The van der Waals surface area contributed by atoms with Crippen molar-refractivity contribution in [2.45, 2.75) is 39.8 Å². The van der Waals surface area contributed by atoms with Crippen LogP contribution in [0, 0.1) is 13.8 Å². The Labute approximate surface area is 178 Å². The van der Waals surface area contributed by atoms with Crippen molar-refractivity contribution in [3.8, 4) is 16.9 Å². The standard InChI is InChI=1S/C23H28N4O.ClH/c1-16-10-11-19(12-17(16)2)23-20(14-26(4)22(28)13-18(3)24)15-27(25-23)21-8-6-5-7-9-21;/h5-12,15,18H,13-14,24H2,1-4H3;1H. The minimum Gasteiger partial charge on any atom is -0.341 e. The van der Waals surface area contributed by atoms with Crippen LogP contribution in [0.2, 0.25) is 0 Å². The number of hydrogen-bond acceptors (Lipinski definition) is 3. The molecule has 1 atom stereocenters. The molecule has 0 radical (unpaired) electrons. The van der Waals surface area contributed by atoms with Crippen molar-refractivity contribution in [3.05, 3.63) is 71.4 Å². The van der Waals surface area contributed by atoms with Gasteiger partial charge in [-0.1, -0.05) is 30.3 Å². The molecule has 0 aliphatic rings. The van der Waals surface area contributed by atoms with Gasteiger partial charge in [0.2, 0.25) is 5.91 Å². The van der Waals surface area contributed by atoms with Crippen LogP contribution < -0.4 is 5.73 Å². The average molecular weight is 413 g/mol. The second-order valence-electron chi connectivity index (χ2n) is 7.51. The predicted molar refractivity (Wildman–Crippen MR) is 120 cm³/mol. The van der Waals surface area contributed by atoms with Gasteiger partial charge in [-0.25, -0.2) is 4.68 Å². The van der Waals surface area contributed by atoms with E-state index in [1.807, 2.05) is 55.2 Å². The van der Waals surface area contributed by atoms with E-state index in [-0.39, 0.29) is 24.4 Å². The minimum atomic E-state index is -0.152. The molecule has 1 amide bonds. The molecule has 2 N–H and O–H groups in total. The van der Waals surface area contributed by atoms with Gasteiger partial charge in [-0.15, -0.1) is 12.4 Å². The number of nitrogens with two attached hydrogens (primary N) is 1. The first-order chi connectivity index (χ1) is 13.3. The van der Waals surface area contributed by atoms with Gasteiger partial charge in [-0.2, -0.15) is 5.10 Å². The number of nitrogens with zero attached hydrogens (tertiary/aromatic N) is 3. The van der Waals surface area contributed by atoms with Crippen LogP contribution in [0.15, 0.2) is 54.7 Å². The second kappa shape index (κ2) is 9.72. The molecule has 0 saturated carbocycles. The van der Waals surface area contributed by atoms with E-state index in [2.05, 4.69) is 32.0 Å². The number of benzene rings is 2. The number of carbonyl (C=O) groups is 1. The molecule has 0 saturated heterocycles. The van der Waals surface area contributed by atoms with Gasteiger partial charge < -0.3 is 10.6 Å². The lowest BCUT2D eigenvalue weighted by atomic mass is 10.0. The largest absolute Gasteiger partial charge is 0.341 e. The molecular formula is C23H29ClN4O. The van der Waals surface area contributed by atoms with E-state index in [1.54, 1.807) is 4.90 Å². The molecule has 0 aliphatic carbocycles. The highest BCUT2D eigenvalue weighted by Crippen LogP contribution is 2.26. The van der Waals surface area contributed by atoms with Crippen molar-refractivity contribution < 1.29 is 4.79 Å². The number of amides is 1. The summed E-state index contributed by atoms with van der Waals surface area (Å²) in [5, 5.41) is 4.85. The van der Waals surface area contributed by atoms with Crippen LogP contribution in [0.1, 0.15) is 30.0 Å². The fourth-order valence-corrected chi connectivity index (χ4v) is 3.15. The molecule has 0 fully saturated rings. The van der Waals surface area contributed by atoms with Crippen LogP contribution in [-0.4, -0.2) is 33.7 Å². The molecule has 3 rings (SSSR count). The normalized spacial score (nSPS) is 11.6. The Balaban J connectivity index is 0.00000300. The fourth-order valence-electron chi connectivity index (χ4n) is 3.15.